The first-order valence-electron chi connectivity index (χ1n) is 23.5. The highest BCUT2D eigenvalue weighted by molar-refractivity contribution is 7.10. The van der Waals surface area contributed by atoms with E-state index in [1.54, 1.807) is 30.2 Å². The highest BCUT2D eigenvalue weighted by atomic mass is 32.1. The summed E-state index contributed by atoms with van der Waals surface area (Å²) in [5.41, 5.74) is 9.24. The van der Waals surface area contributed by atoms with Crippen molar-refractivity contribution in [1.29, 1.82) is 0 Å². The number of carbonyl (C=O) groups excluding carboxylic acids is 5. The summed E-state index contributed by atoms with van der Waals surface area (Å²) in [6.07, 6.45) is 4.44. The largest absolute Gasteiger partial charge is 0.464 e. The Morgan fingerprint density at radius 2 is 1.87 bits per heavy atom. The molecule has 67 heavy (non-hydrogen) atoms. The Bertz CT molecular complexity index is 2500. The number of pyridine rings is 1. The molecule has 1 aromatic carbocycles. The van der Waals surface area contributed by atoms with Crippen LogP contribution in [-0.4, -0.2) is 135 Å². The number of esters is 1. The molecule has 3 aliphatic heterocycles. The predicted octanol–water partition coefficient (Wildman–Crippen LogP) is 6.39. The average molecular weight is 938 g/mol. The van der Waals surface area contributed by atoms with Crippen molar-refractivity contribution in [2.24, 2.45) is 11.3 Å². The van der Waals surface area contributed by atoms with Gasteiger partial charge in [-0.2, -0.15) is 0 Å². The number of methoxy groups -OCH3 is 1. The van der Waals surface area contributed by atoms with E-state index in [9.17, 15) is 24.0 Å². The maximum absolute atomic E-state index is 14.7. The molecule has 6 heterocycles. The van der Waals surface area contributed by atoms with E-state index in [1.807, 2.05) is 46.1 Å². The molecule has 360 valence electrons. The number of carbonyl (C=O) groups is 5. The van der Waals surface area contributed by atoms with E-state index in [0.717, 1.165) is 44.7 Å². The Hall–Kier alpha value is -5.65. The number of urea groups is 1. The number of thiazole rings is 1. The van der Waals surface area contributed by atoms with Crippen LogP contribution in [0.15, 0.2) is 54.6 Å². The lowest BCUT2D eigenvalue weighted by Gasteiger charge is -2.46. The second-order valence-electron chi connectivity index (χ2n) is 19.4. The molecule has 7 rings (SSSR count). The molecule has 2 saturated heterocycles. The maximum Gasteiger partial charge on any atom is 0.324 e. The summed E-state index contributed by atoms with van der Waals surface area (Å²) in [4.78, 5) is 84.7. The van der Waals surface area contributed by atoms with E-state index < -0.39 is 41.3 Å². The molecule has 0 spiro atoms. The van der Waals surface area contributed by atoms with Crippen molar-refractivity contribution >= 4 is 52.0 Å². The fraction of sp³-hybridized carbons (Fsp3) is 0.540. The third kappa shape index (κ3) is 10.1. The number of likely N-dealkylation sites (N-methyl/N-ethyl adjacent to an activating group) is 1. The molecule has 5 amide bonds. The van der Waals surface area contributed by atoms with E-state index in [-0.39, 0.29) is 49.1 Å². The van der Waals surface area contributed by atoms with Crippen LogP contribution in [0.4, 0.5) is 4.79 Å². The van der Waals surface area contributed by atoms with Crippen LogP contribution in [0.25, 0.3) is 33.4 Å². The Morgan fingerprint density at radius 1 is 1.13 bits per heavy atom. The Kier molecular flexibility index (Phi) is 14.9. The molecule has 16 nitrogen and oxygen atoms in total. The van der Waals surface area contributed by atoms with Crippen molar-refractivity contribution in [2.45, 2.75) is 124 Å². The quantitative estimate of drug-likeness (QED) is 0.142. The number of hydrazine groups is 1. The van der Waals surface area contributed by atoms with Crippen LogP contribution in [-0.2, 0) is 48.0 Å². The van der Waals surface area contributed by atoms with Crippen molar-refractivity contribution in [3.05, 3.63) is 70.8 Å². The summed E-state index contributed by atoms with van der Waals surface area (Å²) in [5, 5.41) is 8.11. The number of rotatable bonds is 9. The molecule has 3 aliphatic rings. The number of hydrogen-bond donors (Lipinski definition) is 2. The zero-order chi connectivity index (χ0) is 48.5. The Balaban J connectivity index is 1.26. The molecular weight excluding hydrogens is 871 g/mol. The number of ether oxygens (including phenoxy) is 2. The van der Waals surface area contributed by atoms with Gasteiger partial charge in [-0.25, -0.2) is 15.2 Å². The SMILES string of the molecule is C=CC(=O)N1C[C@H](C)N(C(=O)N(C)C(C(=O)N[C@H]2Cc3nc(cs3)-c3ccc4c(c3)c(c(-c3cccnc3[C@H](C)OC)n4CC)CC(C)(C)COC(=O)[C@@H]3CCCN(N3)C2=O)C(C)C)[C@@H](C)C1. The summed E-state index contributed by atoms with van der Waals surface area (Å²) in [7, 11) is 3.29. The number of aromatic nitrogens is 3. The molecule has 3 aromatic heterocycles. The van der Waals surface area contributed by atoms with Crippen LogP contribution < -0.4 is 10.7 Å². The number of hydrogen-bond acceptors (Lipinski definition) is 11. The molecule has 4 aromatic rings. The highest BCUT2D eigenvalue weighted by Crippen LogP contribution is 2.42. The van der Waals surface area contributed by atoms with Crippen molar-refractivity contribution < 1.29 is 33.4 Å². The van der Waals surface area contributed by atoms with Gasteiger partial charge in [0.25, 0.3) is 5.91 Å². The van der Waals surface area contributed by atoms with Gasteiger partial charge in [0.15, 0.2) is 0 Å². The van der Waals surface area contributed by atoms with Gasteiger partial charge in [0.05, 0.1) is 34.8 Å². The second-order valence-corrected chi connectivity index (χ2v) is 20.3. The zero-order valence-corrected chi connectivity index (χ0v) is 41.4. The first-order valence-corrected chi connectivity index (χ1v) is 24.3. The monoisotopic (exact) mass is 937 g/mol. The van der Waals surface area contributed by atoms with Crippen LogP contribution in [0.1, 0.15) is 90.6 Å². The van der Waals surface area contributed by atoms with Crippen LogP contribution >= 0.6 is 11.3 Å². The minimum atomic E-state index is -1.10. The Morgan fingerprint density at radius 3 is 2.54 bits per heavy atom. The van der Waals surface area contributed by atoms with Crippen molar-refractivity contribution in [2.75, 3.05) is 40.4 Å². The number of nitrogens with zero attached hydrogens (tertiary/aromatic N) is 7. The van der Waals surface area contributed by atoms with Crippen molar-refractivity contribution in [1.82, 2.24) is 45.0 Å². The standard InChI is InChI=1S/C50H67N9O7S/c1-12-42(60)56-25-30(5)59(31(6)26-56)49(64)55(10)44(29(3)4)46(61)53-38-23-41-52-39(27-67-41)33-18-19-40-35(22-33)36(45(57(40)13-2)34-16-14-20-51-43(34)32(7)65-11)24-50(8,9)28-66-48(63)37-17-15-21-58(54-37)47(38)62/h12,14,16,18-20,22,27,29-32,37-38,44,54H,1,13,15,17,21,23-26,28H2,2-11H3,(H,53,61)/t30-,31-,32-,37-,38-,44?/m0/s1. The van der Waals surface area contributed by atoms with Crippen LogP contribution in [0.5, 0.6) is 0 Å². The lowest BCUT2D eigenvalue weighted by atomic mass is 9.84. The summed E-state index contributed by atoms with van der Waals surface area (Å²) in [6.45, 7) is 21.2. The van der Waals surface area contributed by atoms with Crippen molar-refractivity contribution in [3.8, 4) is 22.5 Å². The van der Waals surface area contributed by atoms with Crippen molar-refractivity contribution in [3.63, 3.8) is 0 Å². The molecule has 6 atom stereocenters. The third-order valence-corrected chi connectivity index (χ3v) is 14.3. The fourth-order valence-corrected chi connectivity index (χ4v) is 10.9. The Labute approximate surface area is 398 Å². The minimum absolute atomic E-state index is 0.0673. The first kappa shape index (κ1) is 49.3. The highest BCUT2D eigenvalue weighted by Gasteiger charge is 2.42. The van der Waals surface area contributed by atoms with E-state index in [0.29, 0.717) is 50.4 Å². The average Bonchev–Trinajstić information content (AvgIpc) is 3.90. The lowest BCUT2D eigenvalue weighted by Crippen LogP contribution is -2.65. The molecule has 2 fully saturated rings. The molecule has 0 aliphatic carbocycles. The van der Waals surface area contributed by atoms with Gasteiger partial charge in [-0.3, -0.25) is 29.2 Å². The van der Waals surface area contributed by atoms with Gasteiger partial charge in [-0.05, 0) is 88.8 Å². The summed E-state index contributed by atoms with van der Waals surface area (Å²) in [5.74, 6) is -1.92. The number of fused-ring (bicyclic) bond motifs is 6. The van der Waals surface area contributed by atoms with E-state index >= 15 is 0 Å². The topological polar surface area (TPSA) is 172 Å². The number of amides is 5. The van der Waals surface area contributed by atoms with Gasteiger partial charge in [0, 0.05) is 97.9 Å². The maximum atomic E-state index is 14.7. The van der Waals surface area contributed by atoms with Gasteiger partial charge >= 0.3 is 12.0 Å². The summed E-state index contributed by atoms with van der Waals surface area (Å²) < 4.78 is 14.2. The molecule has 6 bridgehead atoms. The van der Waals surface area contributed by atoms with Gasteiger partial charge in [0.1, 0.15) is 18.1 Å². The lowest BCUT2D eigenvalue weighted by molar-refractivity contribution is -0.155. The van der Waals surface area contributed by atoms with Gasteiger partial charge < -0.3 is 34.1 Å². The normalized spacial score (nSPS) is 22.2. The van der Waals surface area contributed by atoms with E-state index in [2.05, 4.69) is 66.9 Å². The van der Waals surface area contributed by atoms with Gasteiger partial charge in [-0.15, -0.1) is 11.3 Å². The molecular formula is C50H67N9O7S. The molecule has 2 N–H and O–H groups in total. The zero-order valence-electron chi connectivity index (χ0n) is 40.6. The van der Waals surface area contributed by atoms with Crippen LogP contribution in [0.2, 0.25) is 0 Å². The number of cyclic esters (lactones) is 1. The van der Waals surface area contributed by atoms with Gasteiger partial charge in [-0.1, -0.05) is 40.3 Å². The number of benzene rings is 1. The molecule has 0 saturated carbocycles. The molecule has 17 heteroatoms. The molecule has 1 unspecified atom stereocenters. The van der Waals surface area contributed by atoms with E-state index in [1.165, 1.54) is 27.3 Å². The second kappa shape index (κ2) is 20.3. The first-order chi connectivity index (χ1) is 31.9. The van der Waals surface area contributed by atoms with Crippen LogP contribution in [0, 0.1) is 11.3 Å². The number of piperazine rings is 1. The third-order valence-electron chi connectivity index (χ3n) is 13.4. The fourth-order valence-electron chi connectivity index (χ4n) is 10.1. The number of aryl methyl sites for hydroxylation is 1. The predicted molar refractivity (Wildman–Crippen MR) is 259 cm³/mol. The van der Waals surface area contributed by atoms with Gasteiger partial charge in [0.2, 0.25) is 11.8 Å². The summed E-state index contributed by atoms with van der Waals surface area (Å²) in [6, 6.07) is 6.57. The number of nitrogens with one attached hydrogen (secondary N) is 2. The van der Waals surface area contributed by atoms with E-state index in [4.69, 9.17) is 19.4 Å². The minimum Gasteiger partial charge on any atom is -0.464 e. The van der Waals surface area contributed by atoms with Crippen LogP contribution in [0.3, 0.4) is 0 Å². The summed E-state index contributed by atoms with van der Waals surface area (Å²) >= 11 is 1.40. The molecule has 0 radical (unpaired) electrons. The smallest absolute Gasteiger partial charge is 0.324 e.